The third-order valence-corrected chi connectivity index (χ3v) is 3.26. The highest BCUT2D eigenvalue weighted by Crippen LogP contribution is 2.18. The monoisotopic (exact) mass is 268 g/mol. The van der Waals surface area contributed by atoms with Gasteiger partial charge < -0.3 is 9.47 Å². The van der Waals surface area contributed by atoms with E-state index >= 15 is 0 Å². The summed E-state index contributed by atoms with van der Waals surface area (Å²) >= 11 is 0. The summed E-state index contributed by atoms with van der Waals surface area (Å²) in [5, 5.41) is 0. The maximum absolute atomic E-state index is 5.33. The zero-order valence-electron chi connectivity index (χ0n) is 11.5. The number of fused-ring (bicyclic) bond motifs is 1. The Hall–Kier alpha value is -2.49. The van der Waals surface area contributed by atoms with E-state index in [0.717, 1.165) is 29.4 Å². The standard InChI is InChI=1S/C16H16N2O2/c1-19-14-8-6-12(7-9-14)10-13-11-18-15(17-13)4-3-5-16(18)20-2/h3-9,11H,10H2,1-2H3. The molecule has 2 heterocycles. The second-order valence-corrected chi connectivity index (χ2v) is 4.55. The number of rotatable bonds is 4. The van der Waals surface area contributed by atoms with E-state index in [9.17, 15) is 0 Å². The van der Waals surface area contributed by atoms with Gasteiger partial charge in [-0.05, 0) is 29.8 Å². The van der Waals surface area contributed by atoms with Crippen molar-refractivity contribution in [1.29, 1.82) is 0 Å². The lowest BCUT2D eigenvalue weighted by Crippen LogP contribution is -1.91. The molecule has 0 aliphatic rings. The van der Waals surface area contributed by atoms with Crippen LogP contribution >= 0.6 is 0 Å². The highest BCUT2D eigenvalue weighted by molar-refractivity contribution is 5.44. The molecule has 0 fully saturated rings. The highest BCUT2D eigenvalue weighted by Gasteiger charge is 2.06. The van der Waals surface area contributed by atoms with Crippen LogP contribution < -0.4 is 9.47 Å². The average Bonchev–Trinajstić information content (AvgIpc) is 2.90. The van der Waals surface area contributed by atoms with Gasteiger partial charge in [0.1, 0.15) is 11.4 Å². The Morgan fingerprint density at radius 2 is 1.80 bits per heavy atom. The van der Waals surface area contributed by atoms with Crippen molar-refractivity contribution in [2.45, 2.75) is 6.42 Å². The second-order valence-electron chi connectivity index (χ2n) is 4.55. The molecule has 2 aromatic heterocycles. The van der Waals surface area contributed by atoms with E-state index in [0.29, 0.717) is 0 Å². The summed E-state index contributed by atoms with van der Waals surface area (Å²) < 4.78 is 12.4. The number of hydrogen-bond donors (Lipinski definition) is 0. The molecule has 3 rings (SSSR count). The first-order valence-electron chi connectivity index (χ1n) is 6.44. The molecule has 4 nitrogen and oxygen atoms in total. The molecule has 0 bridgehead atoms. The van der Waals surface area contributed by atoms with Gasteiger partial charge in [-0.3, -0.25) is 4.40 Å². The van der Waals surface area contributed by atoms with Gasteiger partial charge in [-0.1, -0.05) is 18.2 Å². The Morgan fingerprint density at radius 3 is 2.50 bits per heavy atom. The predicted octanol–water partition coefficient (Wildman–Crippen LogP) is 2.94. The summed E-state index contributed by atoms with van der Waals surface area (Å²) in [4.78, 5) is 4.61. The molecule has 3 aromatic rings. The molecule has 4 heteroatoms. The molecule has 0 amide bonds. The van der Waals surface area contributed by atoms with Crippen molar-refractivity contribution in [3.05, 3.63) is 59.9 Å². The van der Waals surface area contributed by atoms with Gasteiger partial charge in [-0.2, -0.15) is 0 Å². The minimum atomic E-state index is 0.787. The maximum atomic E-state index is 5.33. The molecule has 0 aliphatic heterocycles. The summed E-state index contributed by atoms with van der Waals surface area (Å²) in [5.74, 6) is 1.65. The number of methoxy groups -OCH3 is 2. The summed E-state index contributed by atoms with van der Waals surface area (Å²) in [6.45, 7) is 0. The molecule has 0 saturated carbocycles. The van der Waals surface area contributed by atoms with Crippen LogP contribution in [0.4, 0.5) is 0 Å². The quantitative estimate of drug-likeness (QED) is 0.730. The fourth-order valence-corrected chi connectivity index (χ4v) is 2.24. The van der Waals surface area contributed by atoms with Gasteiger partial charge in [0.2, 0.25) is 0 Å². The number of hydrogen-bond acceptors (Lipinski definition) is 3. The van der Waals surface area contributed by atoms with E-state index in [-0.39, 0.29) is 0 Å². The van der Waals surface area contributed by atoms with E-state index in [1.165, 1.54) is 5.56 Å². The smallest absolute Gasteiger partial charge is 0.198 e. The van der Waals surface area contributed by atoms with Gasteiger partial charge >= 0.3 is 0 Å². The first-order valence-corrected chi connectivity index (χ1v) is 6.44. The topological polar surface area (TPSA) is 35.8 Å². The van der Waals surface area contributed by atoms with Gasteiger partial charge in [0, 0.05) is 12.6 Å². The van der Waals surface area contributed by atoms with Crippen molar-refractivity contribution in [3.8, 4) is 11.6 Å². The Labute approximate surface area is 117 Å². The Kier molecular flexibility index (Phi) is 3.29. The third-order valence-electron chi connectivity index (χ3n) is 3.26. The lowest BCUT2D eigenvalue weighted by atomic mass is 10.1. The molecular weight excluding hydrogens is 252 g/mol. The van der Waals surface area contributed by atoms with Gasteiger partial charge in [-0.15, -0.1) is 0 Å². The van der Waals surface area contributed by atoms with Gasteiger partial charge in [0.05, 0.1) is 19.9 Å². The van der Waals surface area contributed by atoms with Crippen molar-refractivity contribution in [2.75, 3.05) is 14.2 Å². The Morgan fingerprint density at radius 1 is 1.00 bits per heavy atom. The van der Waals surface area contributed by atoms with Crippen LogP contribution in [0.2, 0.25) is 0 Å². The minimum Gasteiger partial charge on any atom is -0.497 e. The molecule has 0 unspecified atom stereocenters. The summed E-state index contributed by atoms with van der Waals surface area (Å²) in [7, 11) is 3.33. The van der Waals surface area contributed by atoms with Gasteiger partial charge in [0.25, 0.3) is 0 Å². The van der Waals surface area contributed by atoms with Crippen molar-refractivity contribution < 1.29 is 9.47 Å². The summed E-state index contributed by atoms with van der Waals surface area (Å²) in [6, 6.07) is 13.9. The van der Waals surface area contributed by atoms with Gasteiger partial charge in [0.15, 0.2) is 5.88 Å². The molecule has 0 radical (unpaired) electrons. The summed E-state index contributed by atoms with van der Waals surface area (Å²) in [5.41, 5.74) is 3.11. The molecule has 0 spiro atoms. The minimum absolute atomic E-state index is 0.787. The zero-order valence-corrected chi connectivity index (χ0v) is 11.5. The summed E-state index contributed by atoms with van der Waals surface area (Å²) in [6.07, 6.45) is 2.80. The third kappa shape index (κ3) is 2.32. The van der Waals surface area contributed by atoms with Crippen LogP contribution in [0.15, 0.2) is 48.7 Å². The Bertz CT molecular complexity index is 717. The first-order chi connectivity index (χ1) is 9.80. The molecule has 0 saturated heterocycles. The lowest BCUT2D eigenvalue weighted by molar-refractivity contribution is 0.392. The van der Waals surface area contributed by atoms with E-state index in [2.05, 4.69) is 17.1 Å². The van der Waals surface area contributed by atoms with E-state index < -0.39 is 0 Å². The highest BCUT2D eigenvalue weighted by atomic mass is 16.5. The lowest BCUT2D eigenvalue weighted by Gasteiger charge is -2.02. The largest absolute Gasteiger partial charge is 0.497 e. The van der Waals surface area contributed by atoms with Crippen LogP contribution in [0.1, 0.15) is 11.3 Å². The van der Waals surface area contributed by atoms with Crippen LogP contribution in [-0.4, -0.2) is 23.6 Å². The van der Waals surface area contributed by atoms with E-state index in [1.807, 2.05) is 40.9 Å². The number of imidazole rings is 1. The van der Waals surface area contributed by atoms with E-state index in [4.69, 9.17) is 9.47 Å². The molecular formula is C16H16N2O2. The van der Waals surface area contributed by atoms with Crippen LogP contribution in [0, 0.1) is 0 Å². The van der Waals surface area contributed by atoms with Crippen molar-refractivity contribution in [3.63, 3.8) is 0 Å². The van der Waals surface area contributed by atoms with Gasteiger partial charge in [-0.25, -0.2) is 4.98 Å². The van der Waals surface area contributed by atoms with Crippen molar-refractivity contribution in [2.24, 2.45) is 0 Å². The van der Waals surface area contributed by atoms with Crippen molar-refractivity contribution >= 4 is 5.65 Å². The van der Waals surface area contributed by atoms with Crippen LogP contribution in [0.3, 0.4) is 0 Å². The van der Waals surface area contributed by atoms with Crippen molar-refractivity contribution in [1.82, 2.24) is 9.38 Å². The number of benzene rings is 1. The predicted molar refractivity (Wildman–Crippen MR) is 77.5 cm³/mol. The van der Waals surface area contributed by atoms with Crippen LogP contribution in [-0.2, 0) is 6.42 Å². The SMILES string of the molecule is COc1ccc(Cc2cn3c(OC)cccc3n2)cc1. The zero-order chi connectivity index (χ0) is 13.9. The van der Waals surface area contributed by atoms with Crippen LogP contribution in [0.5, 0.6) is 11.6 Å². The fraction of sp³-hybridized carbons (Fsp3) is 0.188. The number of aromatic nitrogens is 2. The molecule has 0 N–H and O–H groups in total. The average molecular weight is 268 g/mol. The normalized spacial score (nSPS) is 10.7. The van der Waals surface area contributed by atoms with E-state index in [1.54, 1.807) is 14.2 Å². The van der Waals surface area contributed by atoms with Crippen LogP contribution in [0.25, 0.3) is 5.65 Å². The maximum Gasteiger partial charge on any atom is 0.198 e. The Balaban J connectivity index is 1.90. The fourth-order valence-electron chi connectivity index (χ4n) is 2.24. The molecule has 1 aromatic carbocycles. The first kappa shape index (κ1) is 12.5. The number of nitrogens with zero attached hydrogens (tertiary/aromatic N) is 2. The molecule has 102 valence electrons. The molecule has 0 aliphatic carbocycles. The second kappa shape index (κ2) is 5.25. The number of ether oxygens (including phenoxy) is 2. The molecule has 0 atom stereocenters. The molecule has 20 heavy (non-hydrogen) atoms. The number of pyridine rings is 1.